The molecule has 3 aromatic carbocycles. The summed E-state index contributed by atoms with van der Waals surface area (Å²) in [6.45, 7) is 2.95. The van der Waals surface area contributed by atoms with E-state index in [1.807, 2.05) is 30.3 Å². The van der Waals surface area contributed by atoms with Crippen LogP contribution in [-0.2, 0) is 11.3 Å². The second kappa shape index (κ2) is 8.57. The molecule has 2 heterocycles. The van der Waals surface area contributed by atoms with E-state index < -0.39 is 0 Å². The molecule has 0 aliphatic carbocycles. The van der Waals surface area contributed by atoms with Gasteiger partial charge in [-0.2, -0.15) is 0 Å². The van der Waals surface area contributed by atoms with E-state index in [9.17, 15) is 4.79 Å². The number of anilines is 1. The lowest BCUT2D eigenvalue weighted by molar-refractivity contribution is -0.113. The van der Waals surface area contributed by atoms with Gasteiger partial charge in [0.1, 0.15) is 0 Å². The molecule has 5 aromatic rings. The van der Waals surface area contributed by atoms with E-state index in [0.717, 1.165) is 21.7 Å². The number of para-hydroxylation sites is 2. The summed E-state index contributed by atoms with van der Waals surface area (Å²) < 4.78 is 3.34. The Bertz CT molecular complexity index is 1350. The van der Waals surface area contributed by atoms with Crippen molar-refractivity contribution >= 4 is 55.3 Å². The van der Waals surface area contributed by atoms with Crippen LogP contribution in [0.5, 0.6) is 0 Å². The summed E-state index contributed by atoms with van der Waals surface area (Å²) in [7, 11) is 0. The lowest BCUT2D eigenvalue weighted by Gasteiger charge is -2.08. The van der Waals surface area contributed by atoms with Gasteiger partial charge < -0.3 is 9.88 Å². The average Bonchev–Trinajstić information content (AvgIpc) is 3.35. The average molecular weight is 444 g/mol. The first-order chi connectivity index (χ1) is 15.2. The number of amides is 1. The van der Waals surface area contributed by atoms with Crippen LogP contribution in [0.25, 0.3) is 21.1 Å². The number of benzene rings is 3. The first-order valence-corrected chi connectivity index (χ1v) is 11.9. The van der Waals surface area contributed by atoms with Crippen LogP contribution in [0.1, 0.15) is 11.1 Å². The summed E-state index contributed by atoms with van der Waals surface area (Å²) in [5, 5.41) is 4.77. The molecular weight excluding hydrogens is 422 g/mol. The summed E-state index contributed by atoms with van der Waals surface area (Å²) in [4.78, 5) is 18.2. The summed E-state index contributed by atoms with van der Waals surface area (Å²) in [6, 6.07) is 24.7. The van der Waals surface area contributed by atoms with Gasteiger partial charge in [0.2, 0.25) is 5.91 Å². The minimum absolute atomic E-state index is 0.0419. The molecule has 0 radical (unpaired) electrons. The maximum atomic E-state index is 12.6. The predicted molar refractivity (Wildman–Crippen MR) is 131 cm³/mol. The first kappa shape index (κ1) is 19.8. The van der Waals surface area contributed by atoms with Gasteiger partial charge in [0, 0.05) is 28.5 Å². The predicted octanol–water partition coefficient (Wildman–Crippen LogP) is 6.34. The molecule has 0 spiro atoms. The highest BCUT2D eigenvalue weighted by molar-refractivity contribution is 8.00. The van der Waals surface area contributed by atoms with E-state index in [2.05, 4.69) is 70.5 Å². The van der Waals surface area contributed by atoms with Crippen LogP contribution in [-0.4, -0.2) is 21.2 Å². The van der Waals surface area contributed by atoms with Crippen LogP contribution in [0.3, 0.4) is 0 Å². The van der Waals surface area contributed by atoms with Gasteiger partial charge in [0.15, 0.2) is 5.13 Å². The van der Waals surface area contributed by atoms with E-state index in [1.54, 1.807) is 11.8 Å². The number of fused-ring (bicyclic) bond motifs is 2. The molecule has 2 aromatic heterocycles. The molecule has 0 atom stereocenters. The Morgan fingerprint density at radius 2 is 1.81 bits per heavy atom. The second-order valence-electron chi connectivity index (χ2n) is 7.39. The van der Waals surface area contributed by atoms with Gasteiger partial charge >= 0.3 is 0 Å². The van der Waals surface area contributed by atoms with E-state index in [1.165, 1.54) is 33.4 Å². The standard InChI is InChI=1S/C25H21N3OS2/c1-17-8-2-3-9-18(17)14-28-15-23(19-10-4-6-12-21(19)28)30-16-24(29)27-25-26-20-11-5-7-13-22(20)31-25/h2-13,15H,14,16H2,1H3,(H,26,27,29). The number of aromatic nitrogens is 2. The highest BCUT2D eigenvalue weighted by atomic mass is 32.2. The van der Waals surface area contributed by atoms with E-state index in [4.69, 9.17) is 0 Å². The van der Waals surface area contributed by atoms with Crippen molar-refractivity contribution in [2.24, 2.45) is 0 Å². The molecule has 4 nitrogen and oxygen atoms in total. The van der Waals surface area contributed by atoms with Crippen LogP contribution >= 0.6 is 23.1 Å². The zero-order valence-corrected chi connectivity index (χ0v) is 18.7. The molecule has 0 aliphatic heterocycles. The molecule has 0 fully saturated rings. The van der Waals surface area contributed by atoms with E-state index in [-0.39, 0.29) is 5.91 Å². The number of nitrogens with zero attached hydrogens (tertiary/aromatic N) is 2. The van der Waals surface area contributed by atoms with Gasteiger partial charge in [0.25, 0.3) is 0 Å². The zero-order valence-electron chi connectivity index (χ0n) is 17.0. The number of hydrogen-bond acceptors (Lipinski definition) is 4. The fourth-order valence-electron chi connectivity index (χ4n) is 3.65. The molecule has 31 heavy (non-hydrogen) atoms. The molecule has 1 amide bonds. The first-order valence-electron chi connectivity index (χ1n) is 10.1. The minimum Gasteiger partial charge on any atom is -0.342 e. The molecule has 1 N–H and O–H groups in total. The van der Waals surface area contributed by atoms with Crippen molar-refractivity contribution in [2.75, 3.05) is 11.1 Å². The number of carbonyl (C=O) groups is 1. The van der Waals surface area contributed by atoms with Crippen molar-refractivity contribution in [3.8, 4) is 0 Å². The molecule has 6 heteroatoms. The molecule has 0 saturated heterocycles. The smallest absolute Gasteiger partial charge is 0.236 e. The van der Waals surface area contributed by atoms with Crippen molar-refractivity contribution in [1.82, 2.24) is 9.55 Å². The lowest BCUT2D eigenvalue weighted by Crippen LogP contribution is -2.13. The van der Waals surface area contributed by atoms with Gasteiger partial charge in [-0.25, -0.2) is 4.98 Å². The summed E-state index contributed by atoms with van der Waals surface area (Å²) >= 11 is 3.06. The van der Waals surface area contributed by atoms with Gasteiger partial charge in [-0.05, 0) is 36.2 Å². The summed E-state index contributed by atoms with van der Waals surface area (Å²) in [5.74, 6) is 0.300. The van der Waals surface area contributed by atoms with Crippen molar-refractivity contribution in [2.45, 2.75) is 18.4 Å². The number of thiazole rings is 1. The third-order valence-corrected chi connectivity index (χ3v) is 7.25. The van der Waals surface area contributed by atoms with Crippen LogP contribution in [0.2, 0.25) is 0 Å². The molecule has 0 bridgehead atoms. The molecule has 154 valence electrons. The Balaban J connectivity index is 1.33. The topological polar surface area (TPSA) is 46.9 Å². The molecule has 5 rings (SSSR count). The van der Waals surface area contributed by atoms with Crippen LogP contribution in [0.15, 0.2) is 83.9 Å². The highest BCUT2D eigenvalue weighted by Gasteiger charge is 2.13. The van der Waals surface area contributed by atoms with Gasteiger partial charge in [-0.15, -0.1) is 11.8 Å². The number of hydrogen-bond donors (Lipinski definition) is 1. The van der Waals surface area contributed by atoms with Crippen LogP contribution < -0.4 is 5.32 Å². The maximum Gasteiger partial charge on any atom is 0.236 e. The molecule has 0 aliphatic rings. The molecule has 0 unspecified atom stereocenters. The Morgan fingerprint density at radius 1 is 1.03 bits per heavy atom. The number of carbonyl (C=O) groups excluding carboxylic acids is 1. The maximum absolute atomic E-state index is 12.6. The number of nitrogens with one attached hydrogen (secondary N) is 1. The second-order valence-corrected chi connectivity index (χ2v) is 9.44. The van der Waals surface area contributed by atoms with Crippen LogP contribution in [0.4, 0.5) is 5.13 Å². The fraction of sp³-hybridized carbons (Fsp3) is 0.120. The minimum atomic E-state index is -0.0419. The van der Waals surface area contributed by atoms with Crippen molar-refractivity contribution in [3.63, 3.8) is 0 Å². The van der Waals surface area contributed by atoms with E-state index in [0.29, 0.717) is 10.9 Å². The zero-order chi connectivity index (χ0) is 21.2. The number of rotatable bonds is 6. The SMILES string of the molecule is Cc1ccccc1Cn1cc(SCC(=O)Nc2nc3ccccc3s2)c2ccccc21. The number of thioether (sulfide) groups is 1. The van der Waals surface area contributed by atoms with E-state index >= 15 is 0 Å². The fourth-order valence-corrected chi connectivity index (χ4v) is 5.42. The van der Waals surface area contributed by atoms with Crippen LogP contribution in [0, 0.1) is 6.92 Å². The third-order valence-electron chi connectivity index (χ3n) is 5.25. The Kier molecular flexibility index (Phi) is 5.49. The largest absolute Gasteiger partial charge is 0.342 e. The summed E-state index contributed by atoms with van der Waals surface area (Å²) in [5.41, 5.74) is 4.67. The van der Waals surface area contributed by atoms with Gasteiger partial charge in [-0.1, -0.05) is 65.9 Å². The van der Waals surface area contributed by atoms with Crippen molar-refractivity contribution < 1.29 is 4.79 Å². The molecular formula is C25H21N3OS2. The summed E-state index contributed by atoms with van der Waals surface area (Å²) in [6.07, 6.45) is 2.16. The lowest BCUT2D eigenvalue weighted by atomic mass is 10.1. The van der Waals surface area contributed by atoms with Crippen molar-refractivity contribution in [1.29, 1.82) is 0 Å². The van der Waals surface area contributed by atoms with Gasteiger partial charge in [0.05, 0.1) is 16.0 Å². The Morgan fingerprint density at radius 3 is 2.68 bits per heavy atom. The monoisotopic (exact) mass is 443 g/mol. The Hall–Kier alpha value is -3.09. The highest BCUT2D eigenvalue weighted by Crippen LogP contribution is 2.31. The molecule has 0 saturated carbocycles. The number of aryl methyl sites for hydroxylation is 1. The normalized spacial score (nSPS) is 11.3. The quantitative estimate of drug-likeness (QED) is 0.312. The third kappa shape index (κ3) is 4.22. The van der Waals surface area contributed by atoms with Gasteiger partial charge in [-0.3, -0.25) is 4.79 Å². The Labute approximate surface area is 188 Å². The van der Waals surface area contributed by atoms with Crippen molar-refractivity contribution in [3.05, 3.63) is 90.1 Å².